The normalized spacial score (nSPS) is 24.7. The first-order chi connectivity index (χ1) is 6.36. The van der Waals surface area contributed by atoms with Gasteiger partial charge in [-0.05, 0) is 36.5 Å². The van der Waals surface area contributed by atoms with Gasteiger partial charge in [0.15, 0.2) is 0 Å². The lowest BCUT2D eigenvalue weighted by Crippen LogP contribution is -2.29. The lowest BCUT2D eigenvalue weighted by atomic mass is 9.84. The van der Waals surface area contributed by atoms with Gasteiger partial charge in [-0.25, -0.2) is 5.84 Å². The van der Waals surface area contributed by atoms with E-state index in [2.05, 4.69) is 18.2 Å². The van der Waals surface area contributed by atoms with Crippen molar-refractivity contribution < 1.29 is 0 Å². The van der Waals surface area contributed by atoms with Crippen LogP contribution in [0.25, 0.3) is 0 Å². The summed E-state index contributed by atoms with van der Waals surface area (Å²) >= 11 is 0. The largest absolute Gasteiger partial charge is 0.310 e. The Morgan fingerprint density at radius 3 is 3.23 bits per heavy atom. The van der Waals surface area contributed by atoms with Crippen LogP contribution in [0.2, 0.25) is 0 Å². The van der Waals surface area contributed by atoms with Crippen LogP contribution in [-0.4, -0.2) is 6.54 Å². The quantitative estimate of drug-likeness (QED) is 0.608. The molecule has 0 amide bonds. The van der Waals surface area contributed by atoms with E-state index in [0.29, 0.717) is 5.92 Å². The van der Waals surface area contributed by atoms with E-state index < -0.39 is 0 Å². The zero-order valence-electron chi connectivity index (χ0n) is 7.66. The molecule has 0 radical (unpaired) electrons. The number of aryl methyl sites for hydroxylation is 1. The summed E-state index contributed by atoms with van der Waals surface area (Å²) in [6.07, 6.45) is 3.89. The van der Waals surface area contributed by atoms with Gasteiger partial charge in [-0.2, -0.15) is 0 Å². The van der Waals surface area contributed by atoms with Crippen LogP contribution in [0, 0.1) is 0 Å². The molecule has 1 aliphatic carbocycles. The molecule has 1 atom stereocenters. The van der Waals surface area contributed by atoms with Crippen LogP contribution in [-0.2, 0) is 6.42 Å². The molecule has 0 spiro atoms. The minimum atomic E-state index is 0.713. The van der Waals surface area contributed by atoms with Gasteiger partial charge < -0.3 is 5.01 Å². The van der Waals surface area contributed by atoms with Crippen LogP contribution in [0.4, 0.5) is 5.69 Å². The predicted octanol–water partition coefficient (Wildman–Crippen LogP) is 1.80. The van der Waals surface area contributed by atoms with E-state index in [1.54, 1.807) is 0 Å². The second kappa shape index (κ2) is 2.48. The standard InChI is InChI=1S/C11H14N2/c12-13-7-9-5-1-3-8-4-2-6-10(13)11(8)9/h2,4,6,9H,1,3,5,7,12H2. The second-order valence-corrected chi connectivity index (χ2v) is 4.09. The Morgan fingerprint density at radius 1 is 1.38 bits per heavy atom. The Labute approximate surface area is 78.3 Å². The molecule has 1 aliphatic heterocycles. The molecule has 13 heavy (non-hydrogen) atoms. The molecular formula is C11H14N2. The molecule has 2 N–H and O–H groups in total. The average molecular weight is 174 g/mol. The summed E-state index contributed by atoms with van der Waals surface area (Å²) in [5.41, 5.74) is 4.33. The van der Waals surface area contributed by atoms with Gasteiger partial charge in [-0.15, -0.1) is 0 Å². The average Bonchev–Trinajstić information content (AvgIpc) is 2.47. The van der Waals surface area contributed by atoms with Crippen molar-refractivity contribution in [1.82, 2.24) is 0 Å². The maximum absolute atomic E-state index is 5.94. The van der Waals surface area contributed by atoms with Crippen molar-refractivity contribution in [1.29, 1.82) is 0 Å². The molecule has 2 nitrogen and oxygen atoms in total. The summed E-state index contributed by atoms with van der Waals surface area (Å²) in [6, 6.07) is 6.52. The first-order valence-corrected chi connectivity index (χ1v) is 5.00. The Balaban J connectivity index is 2.22. The molecule has 2 aliphatic rings. The molecule has 1 unspecified atom stereocenters. The van der Waals surface area contributed by atoms with Crippen LogP contribution in [0.5, 0.6) is 0 Å². The predicted molar refractivity (Wildman–Crippen MR) is 53.7 cm³/mol. The molecule has 0 bridgehead atoms. The molecule has 3 rings (SSSR count). The molecule has 0 saturated carbocycles. The van der Waals surface area contributed by atoms with Gasteiger partial charge in [0, 0.05) is 12.5 Å². The first kappa shape index (κ1) is 7.39. The fourth-order valence-corrected chi connectivity index (χ4v) is 2.74. The number of hydrazine groups is 1. The van der Waals surface area contributed by atoms with Gasteiger partial charge >= 0.3 is 0 Å². The maximum atomic E-state index is 5.94. The molecule has 1 aromatic rings. The minimum Gasteiger partial charge on any atom is -0.310 e. The van der Waals surface area contributed by atoms with E-state index in [0.717, 1.165) is 6.54 Å². The Bertz CT molecular complexity index is 346. The van der Waals surface area contributed by atoms with Crippen molar-refractivity contribution >= 4 is 5.69 Å². The zero-order chi connectivity index (χ0) is 8.84. The lowest BCUT2D eigenvalue weighted by molar-refractivity contribution is 0.575. The summed E-state index contributed by atoms with van der Waals surface area (Å²) in [6.45, 7) is 1.02. The third-order valence-electron chi connectivity index (χ3n) is 3.31. The van der Waals surface area contributed by atoms with Crippen LogP contribution < -0.4 is 10.9 Å². The summed E-state index contributed by atoms with van der Waals surface area (Å²) in [7, 11) is 0. The molecule has 1 aromatic carbocycles. The SMILES string of the molecule is NN1CC2CCCc3cccc1c32. The number of rotatable bonds is 0. The molecule has 0 saturated heterocycles. The summed E-state index contributed by atoms with van der Waals surface area (Å²) in [5.74, 6) is 6.66. The second-order valence-electron chi connectivity index (χ2n) is 4.09. The van der Waals surface area contributed by atoms with Crippen molar-refractivity contribution in [3.8, 4) is 0 Å². The van der Waals surface area contributed by atoms with Crippen LogP contribution in [0.3, 0.4) is 0 Å². The summed E-state index contributed by atoms with van der Waals surface area (Å²) < 4.78 is 0. The lowest BCUT2D eigenvalue weighted by Gasteiger charge is -2.19. The number of hydrogen-bond acceptors (Lipinski definition) is 2. The van der Waals surface area contributed by atoms with E-state index in [4.69, 9.17) is 5.84 Å². The Kier molecular flexibility index (Phi) is 1.41. The van der Waals surface area contributed by atoms with E-state index in [1.165, 1.54) is 36.1 Å². The Hall–Kier alpha value is -1.02. The fourth-order valence-electron chi connectivity index (χ4n) is 2.74. The molecule has 1 heterocycles. The van der Waals surface area contributed by atoms with Gasteiger partial charge in [-0.1, -0.05) is 12.1 Å². The number of nitrogens with two attached hydrogens (primary N) is 1. The van der Waals surface area contributed by atoms with Crippen molar-refractivity contribution in [3.63, 3.8) is 0 Å². The van der Waals surface area contributed by atoms with Gasteiger partial charge in [0.1, 0.15) is 0 Å². The highest BCUT2D eigenvalue weighted by molar-refractivity contribution is 5.62. The van der Waals surface area contributed by atoms with Crippen molar-refractivity contribution in [2.24, 2.45) is 5.84 Å². The maximum Gasteiger partial charge on any atom is 0.0555 e. The van der Waals surface area contributed by atoms with Crippen molar-refractivity contribution in [2.45, 2.75) is 25.2 Å². The first-order valence-electron chi connectivity index (χ1n) is 5.00. The van der Waals surface area contributed by atoms with Crippen molar-refractivity contribution in [2.75, 3.05) is 11.6 Å². The highest BCUT2D eigenvalue weighted by atomic mass is 15.4. The molecular weight excluding hydrogens is 160 g/mol. The molecule has 2 heteroatoms. The monoisotopic (exact) mass is 174 g/mol. The number of anilines is 1. The Morgan fingerprint density at radius 2 is 2.31 bits per heavy atom. The third kappa shape index (κ3) is 0.923. The highest BCUT2D eigenvalue weighted by Gasteiger charge is 2.31. The van der Waals surface area contributed by atoms with Crippen LogP contribution >= 0.6 is 0 Å². The number of benzene rings is 1. The van der Waals surface area contributed by atoms with Crippen LogP contribution in [0.15, 0.2) is 18.2 Å². The van der Waals surface area contributed by atoms with Crippen LogP contribution in [0.1, 0.15) is 29.9 Å². The highest BCUT2D eigenvalue weighted by Crippen LogP contribution is 2.42. The number of hydrogen-bond donors (Lipinski definition) is 1. The third-order valence-corrected chi connectivity index (χ3v) is 3.31. The zero-order valence-corrected chi connectivity index (χ0v) is 7.66. The van der Waals surface area contributed by atoms with E-state index in [9.17, 15) is 0 Å². The smallest absolute Gasteiger partial charge is 0.0555 e. The van der Waals surface area contributed by atoms with Gasteiger partial charge in [-0.3, -0.25) is 0 Å². The van der Waals surface area contributed by atoms with E-state index in [1.807, 2.05) is 5.01 Å². The molecule has 68 valence electrons. The topological polar surface area (TPSA) is 29.3 Å². The van der Waals surface area contributed by atoms with Gasteiger partial charge in [0.05, 0.1) is 5.69 Å². The van der Waals surface area contributed by atoms with Crippen molar-refractivity contribution in [3.05, 3.63) is 29.3 Å². The molecule has 0 fully saturated rings. The van der Waals surface area contributed by atoms with Gasteiger partial charge in [0.25, 0.3) is 0 Å². The van der Waals surface area contributed by atoms with E-state index in [-0.39, 0.29) is 0 Å². The summed E-state index contributed by atoms with van der Waals surface area (Å²) in [4.78, 5) is 0. The number of nitrogens with zero attached hydrogens (tertiary/aromatic N) is 1. The molecule has 0 aromatic heterocycles. The minimum absolute atomic E-state index is 0.713. The van der Waals surface area contributed by atoms with Gasteiger partial charge in [0.2, 0.25) is 0 Å². The fraction of sp³-hybridized carbons (Fsp3) is 0.455. The van der Waals surface area contributed by atoms with E-state index >= 15 is 0 Å². The summed E-state index contributed by atoms with van der Waals surface area (Å²) in [5, 5.41) is 1.91.